The van der Waals surface area contributed by atoms with Crippen LogP contribution >= 0.6 is 0 Å². The second kappa shape index (κ2) is 5.06. The number of aromatic nitrogens is 7. The minimum absolute atomic E-state index is 0.184. The minimum atomic E-state index is -0.378. The third kappa shape index (κ3) is 2.24. The molecule has 0 unspecified atom stereocenters. The van der Waals surface area contributed by atoms with E-state index in [0.717, 1.165) is 0 Å². The lowest BCUT2D eigenvalue weighted by molar-refractivity contribution is 0.0994. The van der Waals surface area contributed by atoms with Crippen LogP contribution in [0.4, 0.5) is 5.69 Å². The molecule has 0 spiro atoms. The highest BCUT2D eigenvalue weighted by molar-refractivity contribution is 6.03. The SMILES string of the molecule is Cc1nc(C)c(C(=O)Nc2c(C)nn(-c3nn[nH]n3)c2C)o1. The van der Waals surface area contributed by atoms with Crippen molar-refractivity contribution in [3.63, 3.8) is 0 Å². The number of carbonyl (C=O) groups is 1. The Balaban J connectivity index is 1.93. The van der Waals surface area contributed by atoms with Gasteiger partial charge in [0.1, 0.15) is 0 Å². The fourth-order valence-electron chi connectivity index (χ4n) is 2.18. The predicted molar refractivity (Wildman–Crippen MR) is 74.7 cm³/mol. The van der Waals surface area contributed by atoms with Gasteiger partial charge in [0.15, 0.2) is 5.89 Å². The number of rotatable bonds is 3. The molecule has 0 bridgehead atoms. The standard InChI is InChI=1S/C12H14N8O2/c1-5-9(7(3)20(17-5)12-15-18-19-16-12)14-11(21)10-6(2)13-8(4)22-10/h1-4H3,(H,14,21)(H,15,16,18,19). The summed E-state index contributed by atoms with van der Waals surface area (Å²) in [6.07, 6.45) is 0. The summed E-state index contributed by atoms with van der Waals surface area (Å²) in [6, 6.07) is 0. The molecule has 0 fully saturated rings. The summed E-state index contributed by atoms with van der Waals surface area (Å²) in [5.41, 5.74) is 2.42. The van der Waals surface area contributed by atoms with Crippen molar-refractivity contribution in [3.8, 4) is 5.95 Å². The molecule has 0 atom stereocenters. The van der Waals surface area contributed by atoms with Crippen LogP contribution in [0.15, 0.2) is 4.42 Å². The second-order valence-corrected chi connectivity index (χ2v) is 4.77. The van der Waals surface area contributed by atoms with Gasteiger partial charge in [-0.2, -0.15) is 15.0 Å². The molecule has 2 N–H and O–H groups in total. The quantitative estimate of drug-likeness (QED) is 0.734. The molecule has 1 amide bonds. The molecule has 0 saturated heterocycles. The lowest BCUT2D eigenvalue weighted by atomic mass is 10.3. The summed E-state index contributed by atoms with van der Waals surface area (Å²) in [7, 11) is 0. The first-order chi connectivity index (χ1) is 10.5. The number of amides is 1. The highest BCUT2D eigenvalue weighted by atomic mass is 16.4. The van der Waals surface area contributed by atoms with E-state index in [-0.39, 0.29) is 11.7 Å². The normalized spacial score (nSPS) is 10.9. The Morgan fingerprint density at radius 1 is 1.23 bits per heavy atom. The first-order valence-corrected chi connectivity index (χ1v) is 6.52. The van der Waals surface area contributed by atoms with Crippen LogP contribution in [0.5, 0.6) is 0 Å². The van der Waals surface area contributed by atoms with Crippen molar-refractivity contribution in [1.29, 1.82) is 0 Å². The van der Waals surface area contributed by atoms with Crippen molar-refractivity contribution >= 4 is 11.6 Å². The van der Waals surface area contributed by atoms with Crippen LogP contribution in [0.3, 0.4) is 0 Å². The first kappa shape index (κ1) is 13.9. The smallest absolute Gasteiger partial charge is 0.293 e. The topological polar surface area (TPSA) is 127 Å². The van der Waals surface area contributed by atoms with Gasteiger partial charge in [0.05, 0.1) is 22.8 Å². The van der Waals surface area contributed by atoms with Gasteiger partial charge in [-0.15, -0.1) is 5.10 Å². The number of oxazole rings is 1. The number of aromatic amines is 1. The van der Waals surface area contributed by atoms with Crippen LogP contribution < -0.4 is 5.32 Å². The fourth-order valence-corrected chi connectivity index (χ4v) is 2.18. The summed E-state index contributed by atoms with van der Waals surface area (Å²) in [4.78, 5) is 16.4. The Hall–Kier alpha value is -3.04. The van der Waals surface area contributed by atoms with E-state index in [2.05, 4.69) is 36.0 Å². The van der Waals surface area contributed by atoms with Gasteiger partial charge in [0.2, 0.25) is 5.76 Å². The zero-order valence-corrected chi connectivity index (χ0v) is 12.5. The largest absolute Gasteiger partial charge is 0.436 e. The molecule has 0 radical (unpaired) electrons. The van der Waals surface area contributed by atoms with Crippen molar-refractivity contribution < 1.29 is 9.21 Å². The van der Waals surface area contributed by atoms with Crippen LogP contribution in [0.2, 0.25) is 0 Å². The Morgan fingerprint density at radius 3 is 2.59 bits per heavy atom. The van der Waals surface area contributed by atoms with E-state index in [9.17, 15) is 4.79 Å². The summed E-state index contributed by atoms with van der Waals surface area (Å²) < 4.78 is 6.81. The van der Waals surface area contributed by atoms with E-state index in [1.807, 2.05) is 0 Å². The van der Waals surface area contributed by atoms with Crippen LogP contribution in [0.25, 0.3) is 5.95 Å². The molecule has 3 aromatic heterocycles. The van der Waals surface area contributed by atoms with E-state index < -0.39 is 0 Å². The third-order valence-electron chi connectivity index (χ3n) is 3.16. The highest BCUT2D eigenvalue weighted by Gasteiger charge is 2.21. The molecule has 0 saturated carbocycles. The predicted octanol–water partition coefficient (Wildman–Crippen LogP) is 0.859. The maximum absolute atomic E-state index is 12.3. The van der Waals surface area contributed by atoms with Gasteiger partial charge < -0.3 is 9.73 Å². The van der Waals surface area contributed by atoms with E-state index in [1.54, 1.807) is 27.7 Å². The Morgan fingerprint density at radius 2 is 2.00 bits per heavy atom. The molecule has 0 aromatic carbocycles. The van der Waals surface area contributed by atoms with Crippen LogP contribution in [-0.2, 0) is 0 Å². The third-order valence-corrected chi connectivity index (χ3v) is 3.16. The average Bonchev–Trinajstić information content (AvgIpc) is 3.15. The molecule has 3 heterocycles. The molecule has 10 nitrogen and oxygen atoms in total. The Bertz CT molecular complexity index is 830. The molecule has 3 aromatic rings. The number of anilines is 1. The summed E-state index contributed by atoms with van der Waals surface area (Å²) in [5.74, 6) is 0.548. The van der Waals surface area contributed by atoms with Gasteiger partial charge in [-0.3, -0.25) is 4.79 Å². The molecular weight excluding hydrogens is 288 g/mol. The molecular formula is C12H14N8O2. The number of H-pyrrole nitrogens is 1. The van der Waals surface area contributed by atoms with Gasteiger partial charge in [-0.25, -0.2) is 4.98 Å². The number of nitrogens with zero attached hydrogens (tertiary/aromatic N) is 6. The maximum Gasteiger partial charge on any atom is 0.293 e. The number of aryl methyl sites for hydroxylation is 3. The molecule has 0 aliphatic rings. The van der Waals surface area contributed by atoms with Crippen molar-refractivity contribution in [1.82, 2.24) is 35.4 Å². The van der Waals surface area contributed by atoms with E-state index in [0.29, 0.717) is 34.6 Å². The molecule has 22 heavy (non-hydrogen) atoms. The van der Waals surface area contributed by atoms with E-state index in [1.165, 1.54) is 4.68 Å². The zero-order valence-electron chi connectivity index (χ0n) is 12.5. The van der Waals surface area contributed by atoms with Crippen LogP contribution in [0.1, 0.15) is 33.5 Å². The van der Waals surface area contributed by atoms with Crippen molar-refractivity contribution in [3.05, 3.63) is 28.7 Å². The molecule has 10 heteroatoms. The van der Waals surface area contributed by atoms with Gasteiger partial charge in [-0.1, -0.05) is 5.10 Å². The monoisotopic (exact) mass is 302 g/mol. The number of tetrazole rings is 1. The van der Waals surface area contributed by atoms with Gasteiger partial charge in [0, 0.05) is 6.92 Å². The van der Waals surface area contributed by atoms with Gasteiger partial charge in [0.25, 0.3) is 11.9 Å². The van der Waals surface area contributed by atoms with Gasteiger partial charge >= 0.3 is 0 Å². The first-order valence-electron chi connectivity index (χ1n) is 6.52. The molecule has 0 aliphatic carbocycles. The molecule has 3 rings (SSSR count). The molecule has 0 aliphatic heterocycles. The van der Waals surface area contributed by atoms with Crippen molar-refractivity contribution in [2.24, 2.45) is 0 Å². The van der Waals surface area contributed by atoms with Gasteiger partial charge in [-0.05, 0) is 26.0 Å². The minimum Gasteiger partial charge on any atom is -0.436 e. The van der Waals surface area contributed by atoms with Crippen molar-refractivity contribution in [2.75, 3.05) is 5.32 Å². The Kier molecular flexibility index (Phi) is 3.20. The van der Waals surface area contributed by atoms with Crippen LogP contribution in [-0.4, -0.2) is 41.3 Å². The number of carbonyl (C=O) groups excluding carboxylic acids is 1. The van der Waals surface area contributed by atoms with Crippen molar-refractivity contribution in [2.45, 2.75) is 27.7 Å². The van der Waals surface area contributed by atoms with Crippen LogP contribution in [0, 0.1) is 27.7 Å². The maximum atomic E-state index is 12.3. The molecule has 114 valence electrons. The second-order valence-electron chi connectivity index (χ2n) is 4.77. The summed E-state index contributed by atoms with van der Waals surface area (Å²) in [5, 5.41) is 20.7. The Labute approximate surface area is 124 Å². The summed E-state index contributed by atoms with van der Waals surface area (Å²) in [6.45, 7) is 6.98. The summed E-state index contributed by atoms with van der Waals surface area (Å²) >= 11 is 0. The fraction of sp³-hybridized carbons (Fsp3) is 0.333. The highest BCUT2D eigenvalue weighted by Crippen LogP contribution is 2.22. The number of nitrogens with one attached hydrogen (secondary N) is 2. The zero-order chi connectivity index (χ0) is 15.9. The van der Waals surface area contributed by atoms with E-state index >= 15 is 0 Å². The van der Waals surface area contributed by atoms with E-state index in [4.69, 9.17) is 4.42 Å². The average molecular weight is 302 g/mol. The lowest BCUT2D eigenvalue weighted by Crippen LogP contribution is -2.13. The number of hydrogen-bond donors (Lipinski definition) is 2. The lowest BCUT2D eigenvalue weighted by Gasteiger charge is -2.04. The number of hydrogen-bond acceptors (Lipinski definition) is 7.